The summed E-state index contributed by atoms with van der Waals surface area (Å²) in [5.74, 6) is 3.37. The lowest BCUT2D eigenvalue weighted by molar-refractivity contribution is 0.297. The Bertz CT molecular complexity index is 492. The van der Waals surface area contributed by atoms with Crippen LogP contribution < -0.4 is 10.1 Å². The van der Waals surface area contributed by atoms with E-state index in [2.05, 4.69) is 45.1 Å². The molecule has 1 N–H and O–H groups in total. The van der Waals surface area contributed by atoms with E-state index in [9.17, 15) is 0 Å². The number of ether oxygens (including phenoxy) is 1. The molecule has 0 spiro atoms. The summed E-state index contributed by atoms with van der Waals surface area (Å²) in [5, 5.41) is 3.58. The molecule has 1 heterocycles. The molecule has 2 rings (SSSR count). The van der Waals surface area contributed by atoms with E-state index in [1.165, 1.54) is 25.9 Å². The summed E-state index contributed by atoms with van der Waals surface area (Å²) < 4.78 is 6.65. The topological polar surface area (TPSA) is 24.5 Å². The van der Waals surface area contributed by atoms with Crippen LogP contribution in [0.3, 0.4) is 0 Å². The maximum Gasteiger partial charge on any atom is 0.148 e. The van der Waals surface area contributed by atoms with Gasteiger partial charge in [-0.1, -0.05) is 21.9 Å². The number of nitrogens with one attached hydrogen (secondary N) is 1. The molecule has 0 bridgehead atoms. The van der Waals surface area contributed by atoms with Crippen molar-refractivity contribution >= 4 is 15.9 Å². The van der Waals surface area contributed by atoms with E-state index in [1.807, 2.05) is 12.1 Å². The van der Waals surface area contributed by atoms with Crippen LogP contribution in [-0.4, -0.2) is 37.2 Å². The normalized spacial score (nSPS) is 16.6. The van der Waals surface area contributed by atoms with E-state index in [1.54, 1.807) is 0 Å². The fourth-order valence-corrected chi connectivity index (χ4v) is 3.06. The summed E-state index contributed by atoms with van der Waals surface area (Å²) in [6.45, 7) is 6.90. The van der Waals surface area contributed by atoms with Gasteiger partial charge in [0.05, 0.1) is 0 Å². The standard InChI is InChI=1S/C17H23BrN2O/c1-3-10-21-17-7-6-16(18)11-15(17)12-19-14(2)13-20-8-4-5-9-20/h1,6-7,11,14,19H,4-5,8-10,12-13H2,2H3. The molecule has 0 aliphatic carbocycles. The van der Waals surface area contributed by atoms with Crippen molar-refractivity contribution in [1.29, 1.82) is 0 Å². The van der Waals surface area contributed by atoms with Gasteiger partial charge in [-0.15, -0.1) is 6.42 Å². The van der Waals surface area contributed by atoms with Gasteiger partial charge in [-0.3, -0.25) is 0 Å². The van der Waals surface area contributed by atoms with Crippen LogP contribution in [0.2, 0.25) is 0 Å². The van der Waals surface area contributed by atoms with Gasteiger partial charge in [-0.2, -0.15) is 0 Å². The quantitative estimate of drug-likeness (QED) is 0.765. The number of halogens is 1. The van der Waals surface area contributed by atoms with E-state index in [-0.39, 0.29) is 0 Å². The second kappa shape index (κ2) is 8.43. The van der Waals surface area contributed by atoms with Crippen LogP contribution in [0.15, 0.2) is 22.7 Å². The predicted molar refractivity (Wildman–Crippen MR) is 90.4 cm³/mol. The Balaban J connectivity index is 1.88. The molecule has 0 aromatic heterocycles. The van der Waals surface area contributed by atoms with Crippen molar-refractivity contribution in [3.63, 3.8) is 0 Å². The molecule has 0 saturated carbocycles. The highest BCUT2D eigenvalue weighted by Crippen LogP contribution is 2.23. The van der Waals surface area contributed by atoms with E-state index in [0.717, 1.165) is 28.9 Å². The molecule has 0 radical (unpaired) electrons. The zero-order chi connectivity index (χ0) is 15.1. The molecule has 0 amide bonds. The van der Waals surface area contributed by atoms with Crippen molar-refractivity contribution < 1.29 is 4.74 Å². The molecule has 1 fully saturated rings. The Labute approximate surface area is 136 Å². The number of terminal acetylenes is 1. The second-order valence-electron chi connectivity index (χ2n) is 5.53. The van der Waals surface area contributed by atoms with Gasteiger partial charge >= 0.3 is 0 Å². The van der Waals surface area contributed by atoms with Crippen molar-refractivity contribution in [1.82, 2.24) is 10.2 Å². The molecule has 1 atom stereocenters. The third kappa shape index (κ3) is 5.35. The summed E-state index contributed by atoms with van der Waals surface area (Å²) in [5.41, 5.74) is 1.13. The van der Waals surface area contributed by atoms with Crippen molar-refractivity contribution in [3.05, 3.63) is 28.2 Å². The van der Waals surface area contributed by atoms with Gasteiger partial charge in [-0.05, 0) is 51.1 Å². The Morgan fingerprint density at radius 3 is 2.90 bits per heavy atom. The van der Waals surface area contributed by atoms with Gasteiger partial charge in [0.1, 0.15) is 12.4 Å². The van der Waals surface area contributed by atoms with Crippen molar-refractivity contribution in [2.45, 2.75) is 32.4 Å². The molecular weight excluding hydrogens is 328 g/mol. The lowest BCUT2D eigenvalue weighted by Gasteiger charge is -2.22. The number of hydrogen-bond donors (Lipinski definition) is 1. The molecule has 114 valence electrons. The van der Waals surface area contributed by atoms with Crippen LogP contribution in [0.4, 0.5) is 0 Å². The molecule has 3 nitrogen and oxygen atoms in total. The van der Waals surface area contributed by atoms with Crippen LogP contribution in [0.5, 0.6) is 5.75 Å². The van der Waals surface area contributed by atoms with Crippen LogP contribution in [0, 0.1) is 12.3 Å². The van der Waals surface area contributed by atoms with Crippen molar-refractivity contribution in [3.8, 4) is 18.1 Å². The Morgan fingerprint density at radius 2 is 2.19 bits per heavy atom. The fourth-order valence-electron chi connectivity index (χ4n) is 2.65. The number of hydrogen-bond acceptors (Lipinski definition) is 3. The highest BCUT2D eigenvalue weighted by molar-refractivity contribution is 9.10. The molecular formula is C17H23BrN2O. The van der Waals surface area contributed by atoms with Crippen LogP contribution >= 0.6 is 15.9 Å². The molecule has 4 heteroatoms. The van der Waals surface area contributed by atoms with Gasteiger partial charge in [0, 0.05) is 29.2 Å². The minimum Gasteiger partial charge on any atom is -0.481 e. The average molecular weight is 351 g/mol. The molecule has 1 unspecified atom stereocenters. The van der Waals surface area contributed by atoms with E-state index in [0.29, 0.717) is 12.6 Å². The van der Waals surface area contributed by atoms with Crippen molar-refractivity contribution in [2.24, 2.45) is 0 Å². The first-order chi connectivity index (χ1) is 10.2. The number of rotatable bonds is 7. The fraction of sp³-hybridized carbons (Fsp3) is 0.529. The molecule has 21 heavy (non-hydrogen) atoms. The van der Waals surface area contributed by atoms with Crippen LogP contribution in [-0.2, 0) is 6.54 Å². The summed E-state index contributed by atoms with van der Waals surface area (Å²) in [6, 6.07) is 6.48. The SMILES string of the molecule is C#CCOc1ccc(Br)cc1CNC(C)CN1CCCC1. The first-order valence-electron chi connectivity index (χ1n) is 7.49. The Kier molecular flexibility index (Phi) is 6.56. The first-order valence-corrected chi connectivity index (χ1v) is 8.29. The van der Waals surface area contributed by atoms with Crippen LogP contribution in [0.1, 0.15) is 25.3 Å². The third-order valence-corrected chi connectivity index (χ3v) is 4.20. The van der Waals surface area contributed by atoms with Gasteiger partial charge in [0.15, 0.2) is 0 Å². The largest absolute Gasteiger partial charge is 0.481 e. The van der Waals surface area contributed by atoms with Gasteiger partial charge in [0.2, 0.25) is 0 Å². The molecule has 1 saturated heterocycles. The van der Waals surface area contributed by atoms with E-state index in [4.69, 9.17) is 11.2 Å². The third-order valence-electron chi connectivity index (χ3n) is 3.71. The number of benzene rings is 1. The van der Waals surface area contributed by atoms with Gasteiger partial charge in [0.25, 0.3) is 0 Å². The lowest BCUT2D eigenvalue weighted by atomic mass is 10.2. The Hall–Kier alpha value is -1.02. The molecule has 1 aliphatic heterocycles. The molecule has 1 aliphatic rings. The zero-order valence-electron chi connectivity index (χ0n) is 12.6. The number of likely N-dealkylation sites (tertiary alicyclic amines) is 1. The van der Waals surface area contributed by atoms with Crippen molar-refractivity contribution in [2.75, 3.05) is 26.2 Å². The Morgan fingerprint density at radius 1 is 1.43 bits per heavy atom. The zero-order valence-corrected chi connectivity index (χ0v) is 14.2. The summed E-state index contributed by atoms with van der Waals surface area (Å²) in [6.07, 6.45) is 7.94. The minimum absolute atomic E-state index is 0.304. The summed E-state index contributed by atoms with van der Waals surface area (Å²) in [4.78, 5) is 2.52. The maximum absolute atomic E-state index is 5.60. The highest BCUT2D eigenvalue weighted by Gasteiger charge is 2.14. The second-order valence-corrected chi connectivity index (χ2v) is 6.45. The molecule has 1 aromatic rings. The van der Waals surface area contributed by atoms with Crippen LogP contribution in [0.25, 0.3) is 0 Å². The predicted octanol–water partition coefficient (Wildman–Crippen LogP) is 3.04. The van der Waals surface area contributed by atoms with Gasteiger partial charge < -0.3 is 15.0 Å². The smallest absolute Gasteiger partial charge is 0.148 e. The highest BCUT2D eigenvalue weighted by atomic mass is 79.9. The minimum atomic E-state index is 0.304. The van der Waals surface area contributed by atoms with E-state index < -0.39 is 0 Å². The van der Waals surface area contributed by atoms with E-state index >= 15 is 0 Å². The lowest BCUT2D eigenvalue weighted by Crippen LogP contribution is -2.37. The average Bonchev–Trinajstić information content (AvgIpc) is 2.97. The summed E-state index contributed by atoms with van der Waals surface area (Å²) >= 11 is 3.51. The number of nitrogens with zero attached hydrogens (tertiary/aromatic N) is 1. The van der Waals surface area contributed by atoms with Gasteiger partial charge in [-0.25, -0.2) is 0 Å². The maximum atomic E-state index is 5.60. The summed E-state index contributed by atoms with van der Waals surface area (Å²) in [7, 11) is 0. The monoisotopic (exact) mass is 350 g/mol. The molecule has 1 aromatic carbocycles. The first kappa shape index (κ1) is 16.4.